The Kier molecular flexibility index (Phi) is 2.78. The minimum Gasteiger partial charge on any atom is -0.285 e. The lowest BCUT2D eigenvalue weighted by Crippen LogP contribution is -2.21. The van der Waals surface area contributed by atoms with E-state index in [-0.39, 0.29) is 16.5 Å². The van der Waals surface area contributed by atoms with Crippen LogP contribution in [0.25, 0.3) is 5.69 Å². The number of aryl methyl sites for hydroxylation is 1. The molecule has 0 aliphatic rings. The van der Waals surface area contributed by atoms with Gasteiger partial charge in [0.05, 0.1) is 5.69 Å². The van der Waals surface area contributed by atoms with Crippen LogP contribution in [0.5, 0.6) is 0 Å². The second-order valence-electron chi connectivity index (χ2n) is 3.76. The summed E-state index contributed by atoms with van der Waals surface area (Å²) in [6.07, 6.45) is 0. The minimum atomic E-state index is -0.324. The predicted molar refractivity (Wildman–Crippen MR) is 65.5 cm³/mol. The molecule has 0 aliphatic heterocycles. The Hall–Kier alpha value is -1.99. The lowest BCUT2D eigenvalue weighted by Gasteiger charge is -2.02. The number of nitrogens with zero attached hydrogens (tertiary/aromatic N) is 3. The van der Waals surface area contributed by atoms with E-state index in [1.165, 1.54) is 16.2 Å². The molecule has 86 valence electrons. The molecule has 2 rings (SSSR count). The second kappa shape index (κ2) is 4.11. The van der Waals surface area contributed by atoms with Gasteiger partial charge in [-0.25, -0.2) is 9.36 Å². The summed E-state index contributed by atoms with van der Waals surface area (Å²) in [5.41, 5.74) is 1.59. The van der Waals surface area contributed by atoms with E-state index in [2.05, 4.69) is 0 Å². The Morgan fingerprint density at radius 3 is 2.35 bits per heavy atom. The monoisotopic (exact) mass is 247 g/mol. The van der Waals surface area contributed by atoms with Gasteiger partial charge in [-0.3, -0.25) is 4.57 Å². The first-order valence-corrected chi connectivity index (χ1v) is 5.38. The van der Waals surface area contributed by atoms with Crippen molar-refractivity contribution < 1.29 is 0 Å². The van der Waals surface area contributed by atoms with Crippen LogP contribution in [-0.4, -0.2) is 9.13 Å². The van der Waals surface area contributed by atoms with Gasteiger partial charge >= 0.3 is 5.69 Å². The van der Waals surface area contributed by atoms with Gasteiger partial charge in [-0.05, 0) is 19.1 Å². The van der Waals surface area contributed by atoms with Gasteiger partial charge in [0.2, 0.25) is 0 Å². The van der Waals surface area contributed by atoms with Crippen LogP contribution in [0.4, 0.5) is 0 Å². The number of nitriles is 1. The van der Waals surface area contributed by atoms with Crippen molar-refractivity contribution in [3.63, 3.8) is 0 Å². The van der Waals surface area contributed by atoms with Crippen molar-refractivity contribution in [1.29, 1.82) is 5.26 Å². The maximum Gasteiger partial charge on any atom is 0.334 e. The van der Waals surface area contributed by atoms with E-state index in [9.17, 15) is 4.79 Å². The van der Waals surface area contributed by atoms with E-state index in [0.29, 0.717) is 5.69 Å². The summed E-state index contributed by atoms with van der Waals surface area (Å²) >= 11 is 6.03. The average molecular weight is 248 g/mol. The zero-order valence-corrected chi connectivity index (χ0v) is 10.2. The predicted octanol–water partition coefficient (Wildman–Crippen LogP) is 2.01. The Bertz CT molecular complexity index is 659. The highest BCUT2D eigenvalue weighted by Crippen LogP contribution is 2.18. The molecule has 0 fully saturated rings. The highest BCUT2D eigenvalue weighted by Gasteiger charge is 2.16. The van der Waals surface area contributed by atoms with Gasteiger partial charge in [0.1, 0.15) is 6.07 Å². The SMILES string of the molecule is Cc1ccc(-n2c(Cl)c(C#N)n(C)c2=O)cc1. The van der Waals surface area contributed by atoms with Crippen molar-refractivity contribution in [2.45, 2.75) is 6.92 Å². The van der Waals surface area contributed by atoms with E-state index in [4.69, 9.17) is 16.9 Å². The molecule has 0 saturated carbocycles. The van der Waals surface area contributed by atoms with Crippen molar-refractivity contribution in [3.8, 4) is 11.8 Å². The fraction of sp³-hybridized carbons (Fsp3) is 0.167. The molecule has 0 saturated heterocycles. The molecule has 0 radical (unpaired) electrons. The number of halogens is 1. The molecule has 4 nitrogen and oxygen atoms in total. The van der Waals surface area contributed by atoms with Crippen molar-refractivity contribution in [2.24, 2.45) is 7.05 Å². The fourth-order valence-electron chi connectivity index (χ4n) is 1.61. The van der Waals surface area contributed by atoms with Crippen LogP contribution in [0.3, 0.4) is 0 Å². The number of hydrogen-bond donors (Lipinski definition) is 0. The molecule has 5 heteroatoms. The normalized spacial score (nSPS) is 10.2. The third-order valence-electron chi connectivity index (χ3n) is 2.60. The summed E-state index contributed by atoms with van der Waals surface area (Å²) < 4.78 is 2.56. The largest absolute Gasteiger partial charge is 0.334 e. The lowest BCUT2D eigenvalue weighted by molar-refractivity contribution is 0.815. The fourth-order valence-corrected chi connectivity index (χ4v) is 1.95. The van der Waals surface area contributed by atoms with Crippen LogP contribution < -0.4 is 5.69 Å². The van der Waals surface area contributed by atoms with Crippen molar-refractivity contribution in [3.05, 3.63) is 51.2 Å². The molecule has 1 aromatic carbocycles. The first kappa shape index (κ1) is 11.5. The topological polar surface area (TPSA) is 50.7 Å². The van der Waals surface area contributed by atoms with E-state index >= 15 is 0 Å². The second-order valence-corrected chi connectivity index (χ2v) is 4.12. The third-order valence-corrected chi connectivity index (χ3v) is 2.95. The van der Waals surface area contributed by atoms with Gasteiger partial charge in [-0.1, -0.05) is 29.3 Å². The van der Waals surface area contributed by atoms with E-state index < -0.39 is 0 Å². The lowest BCUT2D eigenvalue weighted by atomic mass is 10.2. The number of aromatic nitrogens is 2. The van der Waals surface area contributed by atoms with Gasteiger partial charge in [0, 0.05) is 7.05 Å². The Morgan fingerprint density at radius 1 is 1.29 bits per heavy atom. The molecule has 0 amide bonds. The Morgan fingerprint density at radius 2 is 1.88 bits per heavy atom. The van der Waals surface area contributed by atoms with Crippen molar-refractivity contribution >= 4 is 11.6 Å². The zero-order valence-electron chi connectivity index (χ0n) is 9.44. The quantitative estimate of drug-likeness (QED) is 0.774. The van der Waals surface area contributed by atoms with Crippen molar-refractivity contribution in [1.82, 2.24) is 9.13 Å². The molecule has 1 heterocycles. The molecule has 0 bridgehead atoms. The van der Waals surface area contributed by atoms with E-state index in [0.717, 1.165) is 5.56 Å². The third kappa shape index (κ3) is 1.75. The van der Waals surface area contributed by atoms with Crippen LogP contribution in [0.1, 0.15) is 11.3 Å². The van der Waals surface area contributed by atoms with Gasteiger partial charge in [-0.2, -0.15) is 5.26 Å². The van der Waals surface area contributed by atoms with E-state index in [1.54, 1.807) is 12.1 Å². The van der Waals surface area contributed by atoms with Crippen molar-refractivity contribution in [2.75, 3.05) is 0 Å². The molecule has 1 aromatic heterocycles. The summed E-state index contributed by atoms with van der Waals surface area (Å²) in [5.74, 6) is 0. The zero-order chi connectivity index (χ0) is 12.6. The summed E-state index contributed by atoms with van der Waals surface area (Å²) in [6.45, 7) is 1.96. The average Bonchev–Trinajstić information content (AvgIpc) is 2.52. The van der Waals surface area contributed by atoms with Gasteiger partial charge < -0.3 is 0 Å². The standard InChI is InChI=1S/C12H10ClN3O/c1-8-3-5-9(6-4-8)16-11(13)10(7-14)15(2)12(16)17/h3-6H,1-2H3. The van der Waals surface area contributed by atoms with Gasteiger partial charge in [0.15, 0.2) is 10.8 Å². The molecule has 0 aliphatic carbocycles. The number of benzene rings is 1. The first-order chi connectivity index (χ1) is 8.06. The summed E-state index contributed by atoms with van der Waals surface area (Å²) in [7, 11) is 1.53. The summed E-state index contributed by atoms with van der Waals surface area (Å²) in [6, 6.07) is 9.28. The highest BCUT2D eigenvalue weighted by molar-refractivity contribution is 6.30. The molecule has 17 heavy (non-hydrogen) atoms. The van der Waals surface area contributed by atoms with Crippen LogP contribution >= 0.6 is 11.6 Å². The van der Waals surface area contributed by atoms with Gasteiger partial charge in [0.25, 0.3) is 0 Å². The molecule has 0 atom stereocenters. The van der Waals surface area contributed by atoms with Crippen LogP contribution in [-0.2, 0) is 7.05 Å². The molecule has 0 spiro atoms. The highest BCUT2D eigenvalue weighted by atomic mass is 35.5. The molecule has 0 N–H and O–H groups in total. The molecular formula is C12H10ClN3O. The van der Waals surface area contributed by atoms with Gasteiger partial charge in [-0.15, -0.1) is 0 Å². The molecule has 0 unspecified atom stereocenters. The number of imidazole rings is 1. The van der Waals surface area contributed by atoms with E-state index in [1.807, 2.05) is 25.1 Å². The smallest absolute Gasteiger partial charge is 0.285 e. The summed E-state index contributed by atoms with van der Waals surface area (Å²) in [4.78, 5) is 11.9. The maximum atomic E-state index is 11.9. The van der Waals surface area contributed by atoms with Crippen LogP contribution in [0.2, 0.25) is 5.15 Å². The summed E-state index contributed by atoms with van der Waals surface area (Å²) in [5, 5.41) is 9.06. The Labute approximate surface area is 103 Å². The number of hydrogen-bond acceptors (Lipinski definition) is 2. The Balaban J connectivity index is 2.73. The first-order valence-electron chi connectivity index (χ1n) is 5.00. The molecular weight excluding hydrogens is 238 g/mol. The maximum absolute atomic E-state index is 11.9. The van der Waals surface area contributed by atoms with Crippen LogP contribution in [0, 0.1) is 18.3 Å². The number of rotatable bonds is 1. The van der Waals surface area contributed by atoms with Crippen LogP contribution in [0.15, 0.2) is 29.1 Å². The minimum absolute atomic E-state index is 0.142. The molecule has 2 aromatic rings.